The lowest BCUT2D eigenvalue weighted by molar-refractivity contribution is -0.209. The lowest BCUT2D eigenvalue weighted by Gasteiger charge is -2.68. The van der Waals surface area contributed by atoms with Gasteiger partial charge in [-0.15, -0.1) is 0 Å². The molecule has 33 heavy (non-hydrogen) atoms. The number of esters is 3. The largest absolute Gasteiger partial charge is 0.469 e. The summed E-state index contributed by atoms with van der Waals surface area (Å²) in [6, 6.07) is 0. The molecule has 182 valence electrons. The zero-order valence-corrected chi connectivity index (χ0v) is 20.6. The Balaban J connectivity index is 1.90. The van der Waals surface area contributed by atoms with Gasteiger partial charge in [-0.1, -0.05) is 19.4 Å². The Bertz CT molecular complexity index is 922. The number of allylic oxidation sites excluding steroid dienone is 2. The highest BCUT2D eigenvalue weighted by Crippen LogP contribution is 2.73. The van der Waals surface area contributed by atoms with E-state index in [-0.39, 0.29) is 29.0 Å². The van der Waals surface area contributed by atoms with Crippen LogP contribution >= 0.6 is 0 Å². The molecule has 5 aliphatic rings. The number of Topliss-reactive ketones (excluding diaryl/α,β-unsaturated/α-hetero) is 1. The molecule has 5 aliphatic carbocycles. The number of carbonyl (C=O) groups is 4. The van der Waals surface area contributed by atoms with Crippen LogP contribution in [0.2, 0.25) is 0 Å². The van der Waals surface area contributed by atoms with Gasteiger partial charge in [0.2, 0.25) is 0 Å². The van der Waals surface area contributed by atoms with Gasteiger partial charge in [-0.05, 0) is 68.8 Å². The second-order valence-corrected chi connectivity index (χ2v) is 11.1. The van der Waals surface area contributed by atoms with Gasteiger partial charge in [-0.25, -0.2) is 0 Å². The molecule has 8 atom stereocenters. The molecule has 2 bridgehead atoms. The summed E-state index contributed by atoms with van der Waals surface area (Å²) in [5.74, 6) is -2.81. The van der Waals surface area contributed by atoms with E-state index in [1.807, 2.05) is 13.0 Å². The van der Waals surface area contributed by atoms with Crippen molar-refractivity contribution in [3.05, 3.63) is 11.6 Å². The van der Waals surface area contributed by atoms with E-state index in [0.717, 1.165) is 19.3 Å². The van der Waals surface area contributed by atoms with Crippen molar-refractivity contribution in [1.82, 2.24) is 0 Å². The van der Waals surface area contributed by atoms with Crippen LogP contribution in [0.5, 0.6) is 0 Å². The normalized spacial score (nSPS) is 43.5. The van der Waals surface area contributed by atoms with Gasteiger partial charge in [-0.2, -0.15) is 0 Å². The molecule has 0 saturated heterocycles. The second-order valence-electron chi connectivity index (χ2n) is 11.1. The molecule has 1 spiro atoms. The summed E-state index contributed by atoms with van der Waals surface area (Å²) in [6.45, 7) is 5.79. The summed E-state index contributed by atoms with van der Waals surface area (Å²) in [5, 5.41) is 0. The van der Waals surface area contributed by atoms with Crippen LogP contribution in [-0.4, -0.2) is 45.0 Å². The van der Waals surface area contributed by atoms with Crippen LogP contribution < -0.4 is 0 Å². The van der Waals surface area contributed by atoms with Crippen LogP contribution in [0.3, 0.4) is 0 Å². The average Bonchev–Trinajstić information content (AvgIpc) is 2.80. The van der Waals surface area contributed by atoms with Crippen LogP contribution in [-0.2, 0) is 33.4 Å². The van der Waals surface area contributed by atoms with Crippen molar-refractivity contribution in [3.63, 3.8) is 0 Å². The number of hydrogen-bond acceptors (Lipinski definition) is 7. The van der Waals surface area contributed by atoms with Crippen molar-refractivity contribution in [1.29, 1.82) is 0 Å². The SMILES string of the molecule is COC(=O)[C@H]1[C@H]2C[C@H]3[C@@]4(C)CCC[C@@](C)(C(=O)OC)[C@@H]4CC[C@]3(C=C2C(C)=O)[C@H]1C(=O)OC. The Hall–Kier alpha value is -2.18. The van der Waals surface area contributed by atoms with Gasteiger partial charge in [0.05, 0.1) is 38.6 Å². The van der Waals surface area contributed by atoms with Crippen molar-refractivity contribution in [2.24, 2.45) is 45.8 Å². The van der Waals surface area contributed by atoms with Gasteiger partial charge < -0.3 is 14.2 Å². The molecule has 0 heterocycles. The lowest BCUT2D eigenvalue weighted by Crippen LogP contribution is -2.66. The minimum absolute atomic E-state index is 0.0473. The highest BCUT2D eigenvalue weighted by atomic mass is 16.5. The summed E-state index contributed by atoms with van der Waals surface area (Å²) in [5.41, 5.74) is -0.865. The van der Waals surface area contributed by atoms with Crippen LogP contribution in [0.15, 0.2) is 11.6 Å². The Morgan fingerprint density at radius 2 is 1.58 bits per heavy atom. The molecule has 0 N–H and O–H groups in total. The third kappa shape index (κ3) is 3.06. The van der Waals surface area contributed by atoms with E-state index in [1.54, 1.807) is 0 Å². The van der Waals surface area contributed by atoms with Crippen LogP contribution in [0, 0.1) is 45.8 Å². The zero-order valence-electron chi connectivity index (χ0n) is 20.6. The lowest BCUT2D eigenvalue weighted by atomic mass is 9.34. The molecule has 0 aromatic heterocycles. The third-order valence-electron chi connectivity index (χ3n) is 9.96. The van der Waals surface area contributed by atoms with Gasteiger partial charge in [0.15, 0.2) is 5.78 Å². The number of rotatable bonds is 4. The second kappa shape index (κ2) is 7.95. The standard InChI is InChI=1S/C26H36O7/c1-14(27)16-13-26-11-8-17-24(2,9-7-10-25(17,3)23(30)33-6)18(26)12-15(16)19(21(28)31-4)20(26)22(29)32-5/h13,15,17-20H,7-12H2,1-6H3/t15-,17+,18-,19-,20+,24-,25+,26+/m0/s1. The monoisotopic (exact) mass is 460 g/mol. The molecular weight excluding hydrogens is 424 g/mol. The molecule has 7 heteroatoms. The van der Waals surface area contributed by atoms with E-state index in [9.17, 15) is 19.2 Å². The quantitative estimate of drug-likeness (QED) is 0.468. The minimum atomic E-state index is -0.738. The highest BCUT2D eigenvalue weighted by Gasteiger charge is 2.71. The van der Waals surface area contributed by atoms with Crippen molar-refractivity contribution in [2.75, 3.05) is 21.3 Å². The first-order chi connectivity index (χ1) is 15.5. The topological polar surface area (TPSA) is 96.0 Å². The highest BCUT2D eigenvalue weighted by molar-refractivity contribution is 5.97. The Morgan fingerprint density at radius 3 is 2.15 bits per heavy atom. The first kappa shape index (κ1) is 24.0. The van der Waals surface area contributed by atoms with Gasteiger partial charge in [0, 0.05) is 11.3 Å². The summed E-state index contributed by atoms with van der Waals surface area (Å²) in [4.78, 5) is 51.8. The fourth-order valence-electron chi connectivity index (χ4n) is 8.74. The van der Waals surface area contributed by atoms with Gasteiger partial charge in [0.25, 0.3) is 0 Å². The maximum absolute atomic E-state index is 13.2. The van der Waals surface area contributed by atoms with Crippen molar-refractivity contribution < 1.29 is 33.4 Å². The maximum Gasteiger partial charge on any atom is 0.311 e. The number of hydrogen-bond donors (Lipinski definition) is 0. The Morgan fingerprint density at radius 1 is 0.909 bits per heavy atom. The fraction of sp³-hybridized carbons (Fsp3) is 0.769. The first-order valence-electron chi connectivity index (χ1n) is 12.0. The predicted molar refractivity (Wildman–Crippen MR) is 119 cm³/mol. The smallest absolute Gasteiger partial charge is 0.311 e. The van der Waals surface area contributed by atoms with E-state index in [4.69, 9.17) is 14.2 Å². The van der Waals surface area contributed by atoms with Gasteiger partial charge in [-0.3, -0.25) is 19.2 Å². The Kier molecular flexibility index (Phi) is 5.77. The van der Waals surface area contributed by atoms with E-state index in [1.165, 1.54) is 28.3 Å². The molecule has 0 radical (unpaired) electrons. The van der Waals surface area contributed by atoms with Crippen LogP contribution in [0.1, 0.15) is 59.3 Å². The molecular formula is C26H36O7. The summed E-state index contributed by atoms with van der Waals surface area (Å²) < 4.78 is 15.6. The Labute approximate surface area is 195 Å². The number of carbonyl (C=O) groups excluding carboxylic acids is 4. The summed E-state index contributed by atoms with van der Waals surface area (Å²) >= 11 is 0. The number of ether oxygens (including phenoxy) is 3. The fourth-order valence-corrected chi connectivity index (χ4v) is 8.74. The number of methoxy groups -OCH3 is 3. The first-order valence-corrected chi connectivity index (χ1v) is 12.0. The van der Waals surface area contributed by atoms with Crippen LogP contribution in [0.25, 0.3) is 0 Å². The summed E-state index contributed by atoms with van der Waals surface area (Å²) in [6.07, 6.45) is 6.58. The van der Waals surface area contributed by atoms with E-state index in [0.29, 0.717) is 24.8 Å². The molecule has 5 rings (SSSR count). The molecule has 0 aromatic carbocycles. The predicted octanol–water partition coefficient (Wildman–Crippen LogP) is 3.50. The molecule has 0 aliphatic heterocycles. The van der Waals surface area contributed by atoms with Gasteiger partial charge in [0.1, 0.15) is 0 Å². The molecule has 3 saturated carbocycles. The zero-order chi connectivity index (χ0) is 24.3. The molecule has 3 fully saturated rings. The van der Waals surface area contributed by atoms with Crippen molar-refractivity contribution in [2.45, 2.75) is 59.3 Å². The van der Waals surface area contributed by atoms with Crippen molar-refractivity contribution in [3.8, 4) is 0 Å². The maximum atomic E-state index is 13.2. The van der Waals surface area contributed by atoms with E-state index < -0.39 is 40.5 Å². The minimum Gasteiger partial charge on any atom is -0.469 e. The number of ketones is 1. The molecule has 0 unspecified atom stereocenters. The number of fused-ring (bicyclic) bond motifs is 2. The summed E-state index contributed by atoms with van der Waals surface area (Å²) in [7, 11) is 4.12. The van der Waals surface area contributed by atoms with Crippen molar-refractivity contribution >= 4 is 23.7 Å². The average molecular weight is 461 g/mol. The molecule has 7 nitrogen and oxygen atoms in total. The molecule has 0 aromatic rings. The third-order valence-corrected chi connectivity index (χ3v) is 9.96. The van der Waals surface area contributed by atoms with E-state index in [2.05, 4.69) is 6.92 Å². The van der Waals surface area contributed by atoms with Gasteiger partial charge >= 0.3 is 17.9 Å². The van der Waals surface area contributed by atoms with Crippen LogP contribution in [0.4, 0.5) is 0 Å². The molecule has 0 amide bonds. The van der Waals surface area contributed by atoms with E-state index >= 15 is 0 Å².